The smallest absolute Gasteiger partial charge is 0.0479 e. The van der Waals surface area contributed by atoms with Crippen LogP contribution in [0.5, 0.6) is 0 Å². The summed E-state index contributed by atoms with van der Waals surface area (Å²) in [6.07, 6.45) is 5.36. The van der Waals surface area contributed by atoms with Gasteiger partial charge in [-0.3, -0.25) is 0 Å². The van der Waals surface area contributed by atoms with E-state index in [1.54, 1.807) is 0 Å². The van der Waals surface area contributed by atoms with E-state index >= 15 is 0 Å². The van der Waals surface area contributed by atoms with Crippen molar-refractivity contribution in [2.75, 3.05) is 0 Å². The zero-order valence-electron chi connectivity index (χ0n) is 11.1. The molecule has 1 heterocycles. The van der Waals surface area contributed by atoms with Crippen molar-refractivity contribution in [2.24, 2.45) is 7.05 Å². The van der Waals surface area contributed by atoms with Gasteiger partial charge in [0.2, 0.25) is 0 Å². The van der Waals surface area contributed by atoms with Crippen molar-refractivity contribution >= 4 is 17.0 Å². The molecule has 0 spiro atoms. The monoisotopic (exact) mass is 247 g/mol. The van der Waals surface area contributed by atoms with E-state index in [-0.39, 0.29) is 0 Å². The van der Waals surface area contributed by atoms with Crippen molar-refractivity contribution in [1.29, 1.82) is 0 Å². The first-order valence-electron chi connectivity index (χ1n) is 6.59. The lowest BCUT2D eigenvalue weighted by Gasteiger charge is -2.00. The fraction of sp³-hybridized carbons (Fsp3) is 0.111. The predicted octanol–water partition coefficient (Wildman–Crippen LogP) is 4.43. The predicted molar refractivity (Wildman–Crippen MR) is 82.1 cm³/mol. The number of benzene rings is 2. The summed E-state index contributed by atoms with van der Waals surface area (Å²) in [5.74, 6) is 0. The molecule has 0 amide bonds. The average Bonchev–Trinajstić information content (AvgIpc) is 2.78. The SMILES string of the molecule is Cn1c(C/C=C/c2ccccc2)cc2ccccc21. The summed E-state index contributed by atoms with van der Waals surface area (Å²) in [5.41, 5.74) is 3.89. The number of aromatic nitrogens is 1. The maximum atomic E-state index is 2.27. The number of aryl methyl sites for hydroxylation is 1. The van der Waals surface area contributed by atoms with E-state index in [0.29, 0.717) is 0 Å². The molecule has 3 aromatic rings. The third-order valence-electron chi connectivity index (χ3n) is 3.49. The molecular formula is C18H17N. The summed E-state index contributed by atoms with van der Waals surface area (Å²) in [7, 11) is 2.13. The van der Waals surface area contributed by atoms with Crippen molar-refractivity contribution in [3.05, 3.63) is 78.0 Å². The lowest BCUT2D eigenvalue weighted by molar-refractivity contribution is 0.890. The van der Waals surface area contributed by atoms with Crippen LogP contribution in [0.3, 0.4) is 0 Å². The van der Waals surface area contributed by atoms with Crippen LogP contribution >= 0.6 is 0 Å². The Morgan fingerprint density at radius 1 is 0.947 bits per heavy atom. The van der Waals surface area contributed by atoms with Crippen molar-refractivity contribution in [3.63, 3.8) is 0 Å². The number of fused-ring (bicyclic) bond motifs is 1. The van der Waals surface area contributed by atoms with E-state index < -0.39 is 0 Å². The molecule has 0 radical (unpaired) electrons. The van der Waals surface area contributed by atoms with E-state index in [2.05, 4.69) is 78.4 Å². The molecule has 0 aliphatic heterocycles. The number of allylic oxidation sites excluding steroid dienone is 1. The average molecular weight is 247 g/mol. The Morgan fingerprint density at radius 2 is 1.68 bits per heavy atom. The quantitative estimate of drug-likeness (QED) is 0.645. The van der Waals surface area contributed by atoms with Crippen LogP contribution in [0.1, 0.15) is 11.3 Å². The highest BCUT2D eigenvalue weighted by atomic mass is 14.9. The molecule has 19 heavy (non-hydrogen) atoms. The van der Waals surface area contributed by atoms with Crippen molar-refractivity contribution in [3.8, 4) is 0 Å². The largest absolute Gasteiger partial charge is 0.347 e. The second-order valence-electron chi connectivity index (χ2n) is 4.77. The van der Waals surface area contributed by atoms with Crippen molar-refractivity contribution < 1.29 is 0 Å². The Hall–Kier alpha value is -2.28. The summed E-state index contributed by atoms with van der Waals surface area (Å²) in [6.45, 7) is 0. The number of hydrogen-bond donors (Lipinski definition) is 0. The maximum Gasteiger partial charge on any atom is 0.0479 e. The summed E-state index contributed by atoms with van der Waals surface area (Å²) < 4.78 is 2.27. The summed E-state index contributed by atoms with van der Waals surface area (Å²) in [4.78, 5) is 0. The molecule has 0 saturated carbocycles. The number of rotatable bonds is 3. The molecule has 0 atom stereocenters. The van der Waals surface area contributed by atoms with Gasteiger partial charge in [0.1, 0.15) is 0 Å². The second kappa shape index (κ2) is 5.15. The molecule has 0 saturated heterocycles. The second-order valence-corrected chi connectivity index (χ2v) is 4.77. The van der Waals surface area contributed by atoms with Gasteiger partial charge < -0.3 is 4.57 Å². The first-order valence-corrected chi connectivity index (χ1v) is 6.59. The van der Waals surface area contributed by atoms with Gasteiger partial charge in [0.15, 0.2) is 0 Å². The standard InChI is InChI=1S/C18H17N/c1-19-17(14-16-11-5-6-13-18(16)19)12-7-10-15-8-3-2-4-9-15/h2-11,13-14H,12H2,1H3/b10-7+. The van der Waals surface area contributed by atoms with Crippen LogP contribution in [0.25, 0.3) is 17.0 Å². The Labute approximate surface area is 113 Å². The zero-order valence-corrected chi connectivity index (χ0v) is 11.1. The molecule has 1 aromatic heterocycles. The zero-order chi connectivity index (χ0) is 13.1. The minimum atomic E-state index is 0.958. The Balaban J connectivity index is 1.82. The minimum Gasteiger partial charge on any atom is -0.347 e. The van der Waals surface area contributed by atoms with Crippen LogP contribution in [0, 0.1) is 0 Å². The molecule has 0 aliphatic carbocycles. The molecular weight excluding hydrogens is 230 g/mol. The minimum absolute atomic E-state index is 0.958. The van der Waals surface area contributed by atoms with E-state index in [1.807, 2.05) is 6.07 Å². The van der Waals surface area contributed by atoms with E-state index in [4.69, 9.17) is 0 Å². The number of para-hydroxylation sites is 1. The first kappa shape index (κ1) is 11.8. The molecule has 0 bridgehead atoms. The van der Waals surface area contributed by atoms with Crippen molar-refractivity contribution in [1.82, 2.24) is 4.57 Å². The van der Waals surface area contributed by atoms with Crippen LogP contribution < -0.4 is 0 Å². The highest BCUT2D eigenvalue weighted by molar-refractivity contribution is 5.81. The number of hydrogen-bond acceptors (Lipinski definition) is 0. The fourth-order valence-electron chi connectivity index (χ4n) is 2.42. The molecule has 2 aromatic carbocycles. The van der Waals surface area contributed by atoms with E-state index in [1.165, 1.54) is 22.2 Å². The summed E-state index contributed by atoms with van der Waals surface area (Å²) in [6, 6.07) is 21.2. The molecule has 3 rings (SSSR count). The summed E-state index contributed by atoms with van der Waals surface area (Å²) >= 11 is 0. The van der Waals surface area contributed by atoms with E-state index in [9.17, 15) is 0 Å². The fourth-order valence-corrected chi connectivity index (χ4v) is 2.42. The topological polar surface area (TPSA) is 4.93 Å². The summed E-state index contributed by atoms with van der Waals surface area (Å²) in [5, 5.41) is 1.31. The normalized spacial score (nSPS) is 11.4. The van der Waals surface area contributed by atoms with Gasteiger partial charge in [0.25, 0.3) is 0 Å². The van der Waals surface area contributed by atoms with Gasteiger partial charge in [0.05, 0.1) is 0 Å². The molecule has 94 valence electrons. The number of nitrogens with zero attached hydrogens (tertiary/aromatic N) is 1. The van der Waals surface area contributed by atoms with Gasteiger partial charge in [-0.1, -0.05) is 60.7 Å². The molecule has 0 fully saturated rings. The van der Waals surface area contributed by atoms with E-state index in [0.717, 1.165) is 6.42 Å². The highest BCUT2D eigenvalue weighted by Crippen LogP contribution is 2.19. The van der Waals surface area contributed by atoms with Crippen LogP contribution in [0.15, 0.2) is 66.7 Å². The first-order chi connectivity index (χ1) is 9.34. The van der Waals surface area contributed by atoms with Crippen LogP contribution in [-0.2, 0) is 13.5 Å². The lowest BCUT2D eigenvalue weighted by atomic mass is 10.2. The molecule has 0 unspecified atom stereocenters. The third kappa shape index (κ3) is 2.45. The Bertz CT molecular complexity index is 705. The molecule has 1 heteroatoms. The Morgan fingerprint density at radius 3 is 2.47 bits per heavy atom. The molecule has 1 nitrogen and oxygen atoms in total. The van der Waals surface area contributed by atoms with Gasteiger partial charge in [-0.05, 0) is 23.1 Å². The maximum absolute atomic E-state index is 2.27. The lowest BCUT2D eigenvalue weighted by Crippen LogP contribution is -1.93. The van der Waals surface area contributed by atoms with Gasteiger partial charge in [-0.25, -0.2) is 0 Å². The van der Waals surface area contributed by atoms with Gasteiger partial charge in [-0.2, -0.15) is 0 Å². The third-order valence-corrected chi connectivity index (χ3v) is 3.49. The molecule has 0 aliphatic rings. The van der Waals surface area contributed by atoms with Crippen LogP contribution in [-0.4, -0.2) is 4.57 Å². The highest BCUT2D eigenvalue weighted by Gasteiger charge is 2.02. The van der Waals surface area contributed by atoms with Gasteiger partial charge in [0, 0.05) is 24.7 Å². The Kier molecular flexibility index (Phi) is 3.20. The van der Waals surface area contributed by atoms with Gasteiger partial charge >= 0.3 is 0 Å². The van der Waals surface area contributed by atoms with Crippen molar-refractivity contribution in [2.45, 2.75) is 6.42 Å². The van der Waals surface area contributed by atoms with Crippen LogP contribution in [0.2, 0.25) is 0 Å². The van der Waals surface area contributed by atoms with Crippen LogP contribution in [0.4, 0.5) is 0 Å². The molecule has 0 N–H and O–H groups in total. The van der Waals surface area contributed by atoms with Gasteiger partial charge in [-0.15, -0.1) is 0 Å².